The van der Waals surface area contributed by atoms with Gasteiger partial charge < -0.3 is 9.47 Å². The molecule has 0 unspecified atom stereocenters. The number of fused-ring (bicyclic) bond motifs is 1. The van der Waals surface area contributed by atoms with Crippen molar-refractivity contribution in [1.29, 1.82) is 5.26 Å². The van der Waals surface area contributed by atoms with E-state index >= 15 is 0 Å². The van der Waals surface area contributed by atoms with Crippen LogP contribution in [0, 0.1) is 17.2 Å². The second-order valence-electron chi connectivity index (χ2n) is 8.42. The van der Waals surface area contributed by atoms with Crippen molar-refractivity contribution in [2.75, 3.05) is 13.1 Å². The molecule has 1 saturated heterocycles. The van der Waals surface area contributed by atoms with E-state index in [4.69, 9.17) is 10.2 Å². The Morgan fingerprint density at radius 2 is 1.84 bits per heavy atom. The Balaban J connectivity index is 1.59. The van der Waals surface area contributed by atoms with Crippen LogP contribution in [0.25, 0.3) is 32.7 Å². The average molecular weight is 442 g/mol. The quantitative estimate of drug-likeness (QED) is 0.443. The van der Waals surface area contributed by atoms with Crippen LogP contribution in [0.15, 0.2) is 48.8 Å². The predicted molar refractivity (Wildman–Crippen MR) is 126 cm³/mol. The van der Waals surface area contributed by atoms with E-state index in [1.165, 1.54) is 11.3 Å². The molecule has 0 radical (unpaired) electrons. The minimum Gasteiger partial charge on any atom is -0.337 e. The summed E-state index contributed by atoms with van der Waals surface area (Å²) in [5.74, 6) is 0.659. The van der Waals surface area contributed by atoms with Crippen molar-refractivity contribution in [2.45, 2.75) is 19.8 Å². The zero-order valence-corrected chi connectivity index (χ0v) is 18.9. The molecule has 0 N–H and O–H groups in total. The number of hydrogen-bond donors (Lipinski definition) is 0. The van der Waals surface area contributed by atoms with E-state index in [2.05, 4.69) is 24.0 Å². The van der Waals surface area contributed by atoms with Crippen molar-refractivity contribution in [3.8, 4) is 27.8 Å². The number of piperidine rings is 1. The fraction of sp³-hybridized carbons (Fsp3) is 0.280. The lowest BCUT2D eigenvalue weighted by Crippen LogP contribution is -2.37. The number of benzene rings is 2. The van der Waals surface area contributed by atoms with Crippen molar-refractivity contribution in [2.24, 2.45) is 13.0 Å². The zero-order valence-electron chi connectivity index (χ0n) is 18.1. The van der Waals surface area contributed by atoms with Gasteiger partial charge in [-0.25, -0.2) is 9.97 Å². The third-order valence-electron chi connectivity index (χ3n) is 6.16. The molecule has 1 aliphatic heterocycles. The van der Waals surface area contributed by atoms with Crippen molar-refractivity contribution in [3.05, 3.63) is 59.4 Å². The summed E-state index contributed by atoms with van der Waals surface area (Å²) >= 11 is 1.43. The highest BCUT2D eigenvalue weighted by atomic mass is 32.1. The number of carbonyl (C=O) groups excluding carboxylic acids is 1. The fourth-order valence-electron chi connectivity index (χ4n) is 4.13. The third kappa shape index (κ3) is 3.67. The topological polar surface area (TPSA) is 74.8 Å². The van der Waals surface area contributed by atoms with Gasteiger partial charge in [-0.2, -0.15) is 5.26 Å². The van der Waals surface area contributed by atoms with E-state index in [1.54, 1.807) is 18.5 Å². The van der Waals surface area contributed by atoms with Gasteiger partial charge in [-0.1, -0.05) is 25.1 Å². The van der Waals surface area contributed by atoms with Crippen LogP contribution >= 0.6 is 11.3 Å². The van der Waals surface area contributed by atoms with Gasteiger partial charge in [-0.3, -0.25) is 4.79 Å². The van der Waals surface area contributed by atoms with E-state index in [9.17, 15) is 4.79 Å². The van der Waals surface area contributed by atoms with Crippen LogP contribution < -0.4 is 0 Å². The minimum absolute atomic E-state index is 0.00181. The maximum Gasteiger partial charge on any atom is 0.282 e. The number of nitrogens with zero attached hydrogens (tertiary/aromatic N) is 5. The number of thiazole rings is 1. The van der Waals surface area contributed by atoms with E-state index in [-0.39, 0.29) is 5.91 Å². The van der Waals surface area contributed by atoms with Crippen LogP contribution in [-0.2, 0) is 7.05 Å². The van der Waals surface area contributed by atoms with Gasteiger partial charge in [0.05, 0.1) is 39.6 Å². The summed E-state index contributed by atoms with van der Waals surface area (Å²) in [4.78, 5) is 25.4. The number of aromatic nitrogens is 3. The van der Waals surface area contributed by atoms with E-state index in [0.717, 1.165) is 58.7 Å². The molecule has 0 atom stereocenters. The first kappa shape index (κ1) is 20.4. The van der Waals surface area contributed by atoms with Crippen LogP contribution in [0.3, 0.4) is 0 Å². The molecule has 32 heavy (non-hydrogen) atoms. The monoisotopic (exact) mass is 441 g/mol. The number of imidazole rings is 1. The van der Waals surface area contributed by atoms with Crippen molar-refractivity contribution in [3.63, 3.8) is 0 Å². The minimum atomic E-state index is 0.00181. The standard InChI is InChI=1S/C25H23N5OS/c1-16-9-11-30(12-10-16)25(31)24-28-22(18-5-3-17(14-26)4-6-18)23(32-24)19-7-8-21-20(13-19)27-15-29(21)2/h3-8,13,15-16H,9-12H2,1-2H3. The lowest BCUT2D eigenvalue weighted by atomic mass is 9.99. The van der Waals surface area contributed by atoms with Gasteiger partial charge in [0, 0.05) is 25.7 Å². The highest BCUT2D eigenvalue weighted by Crippen LogP contribution is 2.38. The Morgan fingerprint density at radius 3 is 2.56 bits per heavy atom. The molecule has 0 aliphatic carbocycles. The molecule has 7 heteroatoms. The van der Waals surface area contributed by atoms with Crippen molar-refractivity contribution < 1.29 is 4.79 Å². The molecule has 1 amide bonds. The van der Waals surface area contributed by atoms with Gasteiger partial charge in [0.1, 0.15) is 0 Å². The number of nitriles is 1. The van der Waals surface area contributed by atoms with Crippen LogP contribution in [0.1, 0.15) is 35.1 Å². The predicted octanol–water partition coefficient (Wildman–Crippen LogP) is 5.11. The summed E-state index contributed by atoms with van der Waals surface area (Å²) in [7, 11) is 1.97. The summed E-state index contributed by atoms with van der Waals surface area (Å²) in [6.07, 6.45) is 3.86. The molecule has 2 aromatic heterocycles. The number of carbonyl (C=O) groups is 1. The Morgan fingerprint density at radius 1 is 1.12 bits per heavy atom. The Kier molecular flexibility index (Phi) is 5.24. The highest BCUT2D eigenvalue weighted by Gasteiger charge is 2.26. The smallest absolute Gasteiger partial charge is 0.282 e. The number of amides is 1. The third-order valence-corrected chi connectivity index (χ3v) is 7.25. The summed E-state index contributed by atoms with van der Waals surface area (Å²) in [6.45, 7) is 3.79. The summed E-state index contributed by atoms with van der Waals surface area (Å²) in [6, 6.07) is 15.7. The molecule has 0 bridgehead atoms. The first-order valence-electron chi connectivity index (χ1n) is 10.8. The molecule has 160 valence electrons. The fourth-order valence-corrected chi connectivity index (χ4v) is 5.18. The largest absolute Gasteiger partial charge is 0.337 e. The molecule has 2 aromatic carbocycles. The Bertz CT molecular complexity index is 1340. The van der Waals surface area contributed by atoms with Crippen LogP contribution in [-0.4, -0.2) is 38.4 Å². The molecule has 3 heterocycles. The molecule has 0 spiro atoms. The molecule has 5 rings (SSSR count). The van der Waals surface area contributed by atoms with Crippen LogP contribution in [0.5, 0.6) is 0 Å². The van der Waals surface area contributed by atoms with Gasteiger partial charge in [-0.05, 0) is 48.6 Å². The summed E-state index contributed by atoms with van der Waals surface area (Å²) in [5.41, 5.74) is 5.20. The first-order chi connectivity index (χ1) is 15.5. The lowest BCUT2D eigenvalue weighted by molar-refractivity contribution is 0.0697. The number of rotatable bonds is 3. The average Bonchev–Trinajstić information content (AvgIpc) is 3.43. The molecule has 6 nitrogen and oxygen atoms in total. The van der Waals surface area contributed by atoms with Crippen LogP contribution in [0.4, 0.5) is 0 Å². The number of aryl methyl sites for hydroxylation is 1. The number of hydrogen-bond acceptors (Lipinski definition) is 5. The molecule has 0 saturated carbocycles. The van der Waals surface area contributed by atoms with Crippen molar-refractivity contribution in [1.82, 2.24) is 19.4 Å². The second kappa shape index (κ2) is 8.21. The molecule has 4 aromatic rings. The highest BCUT2D eigenvalue weighted by molar-refractivity contribution is 7.17. The Hall–Kier alpha value is -3.50. The summed E-state index contributed by atoms with van der Waals surface area (Å²) in [5, 5.41) is 9.66. The summed E-state index contributed by atoms with van der Waals surface area (Å²) < 4.78 is 1.99. The molecular formula is C25H23N5OS. The maximum absolute atomic E-state index is 13.3. The SMILES string of the molecule is CC1CCN(C(=O)c2nc(-c3ccc(C#N)cc3)c(-c3ccc4c(c3)ncn4C)s2)CC1. The lowest BCUT2D eigenvalue weighted by Gasteiger charge is -2.29. The van der Waals surface area contributed by atoms with Gasteiger partial charge in [0.2, 0.25) is 0 Å². The van der Waals surface area contributed by atoms with Gasteiger partial charge in [0.15, 0.2) is 5.01 Å². The number of likely N-dealkylation sites (tertiary alicyclic amines) is 1. The molecular weight excluding hydrogens is 418 g/mol. The zero-order chi connectivity index (χ0) is 22.2. The molecule has 1 aliphatic rings. The molecule has 1 fully saturated rings. The van der Waals surface area contributed by atoms with Gasteiger partial charge in [-0.15, -0.1) is 11.3 Å². The van der Waals surface area contributed by atoms with Crippen molar-refractivity contribution >= 4 is 28.3 Å². The Labute approximate surface area is 190 Å². The van der Waals surface area contributed by atoms with E-state index in [1.807, 2.05) is 40.8 Å². The van der Waals surface area contributed by atoms with E-state index in [0.29, 0.717) is 16.5 Å². The normalized spacial score (nSPS) is 14.6. The first-order valence-corrected chi connectivity index (χ1v) is 11.6. The van der Waals surface area contributed by atoms with E-state index < -0.39 is 0 Å². The van der Waals surface area contributed by atoms with Gasteiger partial charge >= 0.3 is 0 Å². The van der Waals surface area contributed by atoms with Crippen LogP contribution in [0.2, 0.25) is 0 Å². The second-order valence-corrected chi connectivity index (χ2v) is 9.42. The maximum atomic E-state index is 13.3. The van der Waals surface area contributed by atoms with Gasteiger partial charge in [0.25, 0.3) is 5.91 Å².